The average molecular weight is 345 g/mol. The molecule has 0 atom stereocenters. The van der Waals surface area contributed by atoms with Gasteiger partial charge in [0.1, 0.15) is 0 Å². The molecule has 5 heteroatoms. The summed E-state index contributed by atoms with van der Waals surface area (Å²) in [6.07, 6.45) is 4.23. The molecule has 3 nitrogen and oxygen atoms in total. The van der Waals surface area contributed by atoms with Gasteiger partial charge in [-0.05, 0) is 61.3 Å². The van der Waals surface area contributed by atoms with E-state index in [9.17, 15) is 13.6 Å². The van der Waals surface area contributed by atoms with Gasteiger partial charge in [-0.2, -0.15) is 13.8 Å². The van der Waals surface area contributed by atoms with Crippen LogP contribution in [0.1, 0.15) is 49.7 Å². The van der Waals surface area contributed by atoms with E-state index in [1.165, 1.54) is 11.1 Å². The molecule has 1 aliphatic rings. The number of ether oxygens (including phenoxy) is 1. The Morgan fingerprint density at radius 2 is 1.76 bits per heavy atom. The average Bonchev–Trinajstić information content (AvgIpc) is 2.64. The van der Waals surface area contributed by atoms with Crippen LogP contribution in [-0.2, 0) is 11.2 Å². The molecule has 0 N–H and O–H groups in total. The van der Waals surface area contributed by atoms with Crippen LogP contribution in [0.2, 0.25) is 0 Å². The first kappa shape index (κ1) is 17.5. The minimum Gasteiger partial charge on any atom is -0.421 e. The molecule has 0 unspecified atom stereocenters. The highest BCUT2D eigenvalue weighted by molar-refractivity contribution is 5.75. The number of hydrogen-bond acceptors (Lipinski definition) is 3. The third-order valence-corrected chi connectivity index (χ3v) is 4.91. The zero-order valence-corrected chi connectivity index (χ0v) is 14.2. The second-order valence-corrected chi connectivity index (χ2v) is 6.49. The second kappa shape index (κ2) is 7.72. The van der Waals surface area contributed by atoms with Crippen LogP contribution in [0.15, 0.2) is 36.4 Å². The van der Waals surface area contributed by atoms with Crippen molar-refractivity contribution >= 4 is 5.97 Å². The van der Waals surface area contributed by atoms with Crippen molar-refractivity contribution in [2.45, 2.75) is 44.9 Å². The maximum atomic E-state index is 13.5. The first-order chi connectivity index (χ1) is 12.1. The quantitative estimate of drug-likeness (QED) is 0.590. The molecule has 1 heterocycles. The molecule has 2 aromatic rings. The molecule has 1 fully saturated rings. The fourth-order valence-electron chi connectivity index (χ4n) is 3.36. The lowest BCUT2D eigenvalue weighted by molar-refractivity contribution is -0.140. The third-order valence-electron chi connectivity index (χ3n) is 4.91. The van der Waals surface area contributed by atoms with Crippen LogP contribution in [0.4, 0.5) is 8.78 Å². The molecular formula is C20H21F2NO2. The zero-order valence-electron chi connectivity index (χ0n) is 14.2. The Morgan fingerprint density at radius 1 is 1.08 bits per heavy atom. The number of halogens is 2. The highest BCUT2D eigenvalue weighted by atomic mass is 19.1. The highest BCUT2D eigenvalue weighted by Crippen LogP contribution is 2.36. The van der Waals surface area contributed by atoms with Crippen LogP contribution in [0.25, 0.3) is 0 Å². The van der Waals surface area contributed by atoms with Gasteiger partial charge >= 0.3 is 5.97 Å². The molecule has 0 aliphatic heterocycles. The van der Waals surface area contributed by atoms with Gasteiger partial charge in [0, 0.05) is 0 Å². The van der Waals surface area contributed by atoms with Crippen LogP contribution in [0.3, 0.4) is 0 Å². The van der Waals surface area contributed by atoms with Crippen molar-refractivity contribution in [1.82, 2.24) is 4.98 Å². The molecule has 1 aromatic heterocycles. The fraction of sp³-hybridized carbons (Fsp3) is 0.400. The minimum absolute atomic E-state index is 0.254. The van der Waals surface area contributed by atoms with Crippen LogP contribution in [-0.4, -0.2) is 11.0 Å². The summed E-state index contributed by atoms with van der Waals surface area (Å²) in [4.78, 5) is 15.2. The SMILES string of the molecule is CCc1ccc([C@H]2CC[C@H](C(=O)Oc3ccc(F)nc3F)CC2)cc1. The summed E-state index contributed by atoms with van der Waals surface area (Å²) >= 11 is 0. The molecule has 1 aromatic carbocycles. The van der Waals surface area contributed by atoms with E-state index in [4.69, 9.17) is 4.74 Å². The van der Waals surface area contributed by atoms with Crippen molar-refractivity contribution in [1.29, 1.82) is 0 Å². The predicted molar refractivity (Wildman–Crippen MR) is 90.3 cm³/mol. The smallest absolute Gasteiger partial charge is 0.314 e. The van der Waals surface area contributed by atoms with Gasteiger partial charge in [0.25, 0.3) is 5.95 Å². The lowest BCUT2D eigenvalue weighted by Crippen LogP contribution is -2.25. The van der Waals surface area contributed by atoms with Crippen molar-refractivity contribution in [2.24, 2.45) is 5.92 Å². The number of rotatable bonds is 4. The van der Waals surface area contributed by atoms with Crippen LogP contribution in [0.5, 0.6) is 5.75 Å². The Bertz CT molecular complexity index is 738. The number of nitrogens with zero attached hydrogens (tertiary/aromatic N) is 1. The first-order valence-corrected chi connectivity index (χ1v) is 8.69. The summed E-state index contributed by atoms with van der Waals surface area (Å²) in [5.41, 5.74) is 2.62. The maximum Gasteiger partial charge on any atom is 0.314 e. The number of esters is 1. The predicted octanol–water partition coefficient (Wildman–Crippen LogP) is 4.80. The largest absolute Gasteiger partial charge is 0.421 e. The topological polar surface area (TPSA) is 39.2 Å². The standard InChI is InChI=1S/C20H21F2NO2/c1-2-13-3-5-14(6-4-13)15-7-9-16(10-8-15)20(24)25-17-11-12-18(21)23-19(17)22/h3-6,11-12,15-16H,2,7-10H2,1H3/t15-,16-. The summed E-state index contributed by atoms with van der Waals surface area (Å²) in [5.74, 6) is -2.63. The van der Waals surface area contributed by atoms with Crippen LogP contribution < -0.4 is 4.74 Å². The Hall–Kier alpha value is -2.30. The molecule has 1 saturated carbocycles. The number of carbonyl (C=O) groups excluding carboxylic acids is 1. The molecule has 0 amide bonds. The Labute approximate surface area is 146 Å². The normalized spacial score (nSPS) is 20.3. The van der Waals surface area contributed by atoms with E-state index in [-0.39, 0.29) is 11.7 Å². The second-order valence-electron chi connectivity index (χ2n) is 6.49. The van der Waals surface area contributed by atoms with Crippen molar-refractivity contribution in [2.75, 3.05) is 0 Å². The third kappa shape index (κ3) is 4.21. The van der Waals surface area contributed by atoms with E-state index < -0.39 is 17.9 Å². The van der Waals surface area contributed by atoms with E-state index in [0.717, 1.165) is 31.4 Å². The molecule has 25 heavy (non-hydrogen) atoms. The molecule has 0 saturated heterocycles. The Kier molecular flexibility index (Phi) is 5.41. The lowest BCUT2D eigenvalue weighted by atomic mass is 9.78. The van der Waals surface area contributed by atoms with Crippen molar-refractivity contribution < 1.29 is 18.3 Å². The fourth-order valence-corrected chi connectivity index (χ4v) is 3.36. The Morgan fingerprint density at radius 3 is 2.36 bits per heavy atom. The van der Waals surface area contributed by atoms with Gasteiger partial charge in [0.15, 0.2) is 5.75 Å². The number of hydrogen-bond donors (Lipinski definition) is 0. The van der Waals surface area contributed by atoms with Gasteiger partial charge in [0.05, 0.1) is 5.92 Å². The molecule has 3 rings (SSSR count). The molecule has 1 aliphatic carbocycles. The van der Waals surface area contributed by atoms with Crippen molar-refractivity contribution in [3.8, 4) is 5.75 Å². The monoisotopic (exact) mass is 345 g/mol. The maximum absolute atomic E-state index is 13.5. The van der Waals surface area contributed by atoms with E-state index in [1.807, 2.05) is 0 Å². The summed E-state index contributed by atoms with van der Waals surface area (Å²) in [7, 11) is 0. The molecule has 0 radical (unpaired) electrons. The number of aryl methyl sites for hydroxylation is 1. The summed E-state index contributed by atoms with van der Waals surface area (Å²) in [5, 5.41) is 0. The van der Waals surface area contributed by atoms with Gasteiger partial charge in [-0.1, -0.05) is 31.2 Å². The summed E-state index contributed by atoms with van der Waals surface area (Å²) < 4.78 is 31.4. The number of carbonyl (C=O) groups is 1. The molecule has 0 spiro atoms. The number of pyridine rings is 1. The molecule has 132 valence electrons. The number of aromatic nitrogens is 1. The first-order valence-electron chi connectivity index (χ1n) is 8.69. The number of benzene rings is 1. The van der Waals surface area contributed by atoms with Crippen molar-refractivity contribution in [3.63, 3.8) is 0 Å². The van der Waals surface area contributed by atoms with E-state index >= 15 is 0 Å². The zero-order chi connectivity index (χ0) is 17.8. The van der Waals surface area contributed by atoms with E-state index in [2.05, 4.69) is 36.2 Å². The molecule has 0 bridgehead atoms. The summed E-state index contributed by atoms with van der Waals surface area (Å²) in [6.45, 7) is 2.13. The summed E-state index contributed by atoms with van der Waals surface area (Å²) in [6, 6.07) is 10.7. The van der Waals surface area contributed by atoms with E-state index in [1.54, 1.807) is 0 Å². The van der Waals surface area contributed by atoms with Gasteiger partial charge in [0.2, 0.25) is 5.95 Å². The van der Waals surface area contributed by atoms with Crippen molar-refractivity contribution in [3.05, 3.63) is 59.4 Å². The van der Waals surface area contributed by atoms with E-state index in [0.29, 0.717) is 18.8 Å². The molecular weight excluding hydrogens is 324 g/mol. The van der Waals surface area contributed by atoms with Gasteiger partial charge in [-0.15, -0.1) is 0 Å². The van der Waals surface area contributed by atoms with Gasteiger partial charge < -0.3 is 4.74 Å². The van der Waals surface area contributed by atoms with Gasteiger partial charge in [-0.3, -0.25) is 4.79 Å². The lowest BCUT2D eigenvalue weighted by Gasteiger charge is -2.27. The highest BCUT2D eigenvalue weighted by Gasteiger charge is 2.29. The van der Waals surface area contributed by atoms with Crippen LogP contribution in [0, 0.1) is 17.8 Å². The van der Waals surface area contributed by atoms with Gasteiger partial charge in [-0.25, -0.2) is 0 Å². The Balaban J connectivity index is 1.56. The minimum atomic E-state index is -1.10. The van der Waals surface area contributed by atoms with Crippen LogP contribution >= 0.6 is 0 Å².